The van der Waals surface area contributed by atoms with Gasteiger partial charge in [-0.2, -0.15) is 0 Å². The average molecular weight is 350 g/mol. The normalized spacial score (nSPS) is 17.2. The molecule has 138 valence electrons. The fraction of sp³-hybridized carbons (Fsp3) is 0.556. The number of carbonyl (C=O) groups excluding carboxylic acids is 1. The summed E-state index contributed by atoms with van der Waals surface area (Å²) in [6.45, 7) is 2.06. The van der Waals surface area contributed by atoms with Crippen LogP contribution < -0.4 is 9.47 Å². The maximum absolute atomic E-state index is 12.1. The smallest absolute Gasteiger partial charge is 0.308 e. The summed E-state index contributed by atoms with van der Waals surface area (Å²) in [6, 6.07) is 5.49. The molecule has 1 heterocycles. The molecule has 1 fully saturated rings. The molecule has 1 aliphatic heterocycles. The summed E-state index contributed by atoms with van der Waals surface area (Å²) < 4.78 is 11.1. The van der Waals surface area contributed by atoms with Gasteiger partial charge >= 0.3 is 5.97 Å². The Morgan fingerprint density at radius 3 is 2.76 bits per heavy atom. The SMILES string of the molecule is COc1ccc(CN2CC(C(=O)O)CC2=O)c(OCCCN(C)C)c1. The molecule has 1 aliphatic rings. The minimum absolute atomic E-state index is 0.0600. The second kappa shape index (κ2) is 8.71. The van der Waals surface area contributed by atoms with Crippen molar-refractivity contribution in [2.24, 2.45) is 5.92 Å². The third-order valence-electron chi connectivity index (χ3n) is 4.21. The van der Waals surface area contributed by atoms with Crippen LogP contribution in [-0.4, -0.2) is 67.7 Å². The number of benzene rings is 1. The predicted octanol–water partition coefficient (Wildman–Crippen LogP) is 1.46. The molecular formula is C18H26N2O5. The highest BCUT2D eigenvalue weighted by molar-refractivity contribution is 5.86. The van der Waals surface area contributed by atoms with E-state index in [4.69, 9.17) is 14.6 Å². The fourth-order valence-corrected chi connectivity index (χ4v) is 2.79. The van der Waals surface area contributed by atoms with E-state index in [-0.39, 0.29) is 18.9 Å². The largest absolute Gasteiger partial charge is 0.497 e. The number of hydrogen-bond acceptors (Lipinski definition) is 5. The zero-order valence-electron chi connectivity index (χ0n) is 15.0. The van der Waals surface area contributed by atoms with Crippen LogP contribution in [-0.2, 0) is 16.1 Å². The number of likely N-dealkylation sites (tertiary alicyclic amines) is 1. The molecule has 0 aromatic heterocycles. The number of methoxy groups -OCH3 is 1. The molecule has 1 amide bonds. The van der Waals surface area contributed by atoms with E-state index >= 15 is 0 Å². The van der Waals surface area contributed by atoms with Crippen molar-refractivity contribution >= 4 is 11.9 Å². The molecule has 2 rings (SSSR count). The lowest BCUT2D eigenvalue weighted by atomic mass is 10.1. The maximum Gasteiger partial charge on any atom is 0.308 e. The van der Waals surface area contributed by atoms with Crippen LogP contribution in [0.15, 0.2) is 18.2 Å². The lowest BCUT2D eigenvalue weighted by molar-refractivity contribution is -0.141. The molecule has 1 aromatic carbocycles. The first-order valence-electron chi connectivity index (χ1n) is 8.35. The maximum atomic E-state index is 12.1. The van der Waals surface area contributed by atoms with Crippen LogP contribution >= 0.6 is 0 Å². The number of rotatable bonds is 9. The van der Waals surface area contributed by atoms with Gasteiger partial charge in [-0.05, 0) is 32.6 Å². The van der Waals surface area contributed by atoms with E-state index in [2.05, 4.69) is 4.90 Å². The summed E-state index contributed by atoms with van der Waals surface area (Å²) in [5.41, 5.74) is 0.852. The van der Waals surface area contributed by atoms with E-state index in [9.17, 15) is 9.59 Å². The van der Waals surface area contributed by atoms with Gasteiger partial charge in [-0.1, -0.05) is 0 Å². The van der Waals surface area contributed by atoms with Gasteiger partial charge in [0.05, 0.1) is 19.6 Å². The van der Waals surface area contributed by atoms with Crippen LogP contribution in [0.3, 0.4) is 0 Å². The molecule has 1 saturated heterocycles. The molecule has 1 atom stereocenters. The van der Waals surface area contributed by atoms with Gasteiger partial charge < -0.3 is 24.4 Å². The van der Waals surface area contributed by atoms with Gasteiger partial charge in [0, 0.05) is 37.7 Å². The lowest BCUT2D eigenvalue weighted by Crippen LogP contribution is -2.26. The molecule has 0 saturated carbocycles. The molecule has 1 unspecified atom stereocenters. The quantitative estimate of drug-likeness (QED) is 0.679. The number of carbonyl (C=O) groups is 2. The van der Waals surface area contributed by atoms with E-state index in [0.29, 0.717) is 24.7 Å². The number of nitrogens with zero attached hydrogens (tertiary/aromatic N) is 2. The van der Waals surface area contributed by atoms with E-state index in [1.54, 1.807) is 18.1 Å². The highest BCUT2D eigenvalue weighted by Crippen LogP contribution is 2.28. The van der Waals surface area contributed by atoms with Gasteiger partial charge in [-0.3, -0.25) is 9.59 Å². The number of aliphatic carboxylic acids is 1. The monoisotopic (exact) mass is 350 g/mol. The zero-order chi connectivity index (χ0) is 18.4. The van der Waals surface area contributed by atoms with Gasteiger partial charge in [0.2, 0.25) is 5.91 Å². The summed E-state index contributed by atoms with van der Waals surface area (Å²) in [7, 11) is 5.61. The summed E-state index contributed by atoms with van der Waals surface area (Å²) in [5, 5.41) is 9.10. The molecule has 0 radical (unpaired) electrons. The summed E-state index contributed by atoms with van der Waals surface area (Å²) in [4.78, 5) is 26.8. The van der Waals surface area contributed by atoms with Crippen molar-refractivity contribution in [1.82, 2.24) is 9.80 Å². The van der Waals surface area contributed by atoms with Crippen LogP contribution in [0.4, 0.5) is 0 Å². The summed E-state index contributed by atoms with van der Waals surface area (Å²) in [5.74, 6) is -0.338. The Morgan fingerprint density at radius 1 is 1.40 bits per heavy atom. The van der Waals surface area contributed by atoms with Crippen molar-refractivity contribution in [3.63, 3.8) is 0 Å². The molecule has 0 aliphatic carbocycles. The number of amides is 1. The minimum atomic E-state index is -0.925. The standard InChI is InChI=1S/C18H26N2O5/c1-19(2)7-4-8-25-16-10-15(24-3)6-5-13(16)11-20-12-14(18(22)23)9-17(20)21/h5-6,10,14H,4,7-9,11-12H2,1-3H3,(H,22,23). The highest BCUT2D eigenvalue weighted by atomic mass is 16.5. The molecular weight excluding hydrogens is 324 g/mol. The van der Waals surface area contributed by atoms with Crippen LogP contribution in [0.25, 0.3) is 0 Å². The van der Waals surface area contributed by atoms with Crippen LogP contribution in [0, 0.1) is 5.92 Å². The van der Waals surface area contributed by atoms with Crippen molar-refractivity contribution in [2.45, 2.75) is 19.4 Å². The van der Waals surface area contributed by atoms with Crippen LogP contribution in [0.5, 0.6) is 11.5 Å². The second-order valence-corrected chi connectivity index (χ2v) is 6.49. The third kappa shape index (κ3) is 5.35. The Bertz CT molecular complexity index is 617. The molecule has 7 heteroatoms. The van der Waals surface area contributed by atoms with E-state index < -0.39 is 11.9 Å². The third-order valence-corrected chi connectivity index (χ3v) is 4.21. The van der Waals surface area contributed by atoms with Gasteiger partial charge in [-0.15, -0.1) is 0 Å². The van der Waals surface area contributed by atoms with E-state index in [0.717, 1.165) is 18.5 Å². The van der Waals surface area contributed by atoms with Crippen LogP contribution in [0.1, 0.15) is 18.4 Å². The van der Waals surface area contributed by atoms with E-state index in [1.807, 2.05) is 26.2 Å². The van der Waals surface area contributed by atoms with Gasteiger partial charge in [0.25, 0.3) is 0 Å². The van der Waals surface area contributed by atoms with Crippen molar-refractivity contribution in [1.29, 1.82) is 0 Å². The van der Waals surface area contributed by atoms with Crippen molar-refractivity contribution in [3.05, 3.63) is 23.8 Å². The topological polar surface area (TPSA) is 79.3 Å². The van der Waals surface area contributed by atoms with Gasteiger partial charge in [0.15, 0.2) is 0 Å². The van der Waals surface area contributed by atoms with Gasteiger partial charge in [0.1, 0.15) is 11.5 Å². The second-order valence-electron chi connectivity index (χ2n) is 6.49. The Kier molecular flexibility index (Phi) is 6.64. The molecule has 0 bridgehead atoms. The molecule has 1 N–H and O–H groups in total. The Labute approximate surface area is 148 Å². The highest BCUT2D eigenvalue weighted by Gasteiger charge is 2.34. The van der Waals surface area contributed by atoms with Crippen molar-refractivity contribution < 1.29 is 24.2 Å². The first-order chi connectivity index (χ1) is 11.9. The minimum Gasteiger partial charge on any atom is -0.497 e. The summed E-state index contributed by atoms with van der Waals surface area (Å²) >= 11 is 0. The fourth-order valence-electron chi connectivity index (χ4n) is 2.79. The Morgan fingerprint density at radius 2 is 2.16 bits per heavy atom. The van der Waals surface area contributed by atoms with Crippen LogP contribution in [0.2, 0.25) is 0 Å². The number of hydrogen-bond donors (Lipinski definition) is 1. The average Bonchev–Trinajstić information content (AvgIpc) is 2.93. The Balaban J connectivity index is 2.06. The van der Waals surface area contributed by atoms with E-state index in [1.165, 1.54) is 0 Å². The molecule has 0 spiro atoms. The molecule has 7 nitrogen and oxygen atoms in total. The van der Waals surface area contributed by atoms with Gasteiger partial charge in [-0.25, -0.2) is 0 Å². The van der Waals surface area contributed by atoms with Crippen molar-refractivity contribution in [3.8, 4) is 11.5 Å². The summed E-state index contributed by atoms with van der Waals surface area (Å²) in [6.07, 6.45) is 0.942. The first kappa shape index (κ1) is 19.1. The molecule has 25 heavy (non-hydrogen) atoms. The Hall–Kier alpha value is -2.28. The zero-order valence-corrected chi connectivity index (χ0v) is 15.0. The number of carboxylic acids is 1. The molecule has 1 aromatic rings. The number of carboxylic acid groups (broad SMARTS) is 1. The first-order valence-corrected chi connectivity index (χ1v) is 8.35. The lowest BCUT2D eigenvalue weighted by Gasteiger charge is -2.19. The predicted molar refractivity (Wildman–Crippen MR) is 92.8 cm³/mol. The number of ether oxygens (including phenoxy) is 2. The van der Waals surface area contributed by atoms with Crippen molar-refractivity contribution in [2.75, 3.05) is 40.9 Å².